The van der Waals surface area contributed by atoms with Gasteiger partial charge in [-0.1, -0.05) is 12.1 Å². The van der Waals surface area contributed by atoms with E-state index in [1.807, 2.05) is 12.1 Å². The molecule has 2 aliphatic rings. The van der Waals surface area contributed by atoms with Crippen molar-refractivity contribution in [3.63, 3.8) is 0 Å². The number of benzene rings is 1. The second kappa shape index (κ2) is 5.59. The predicted molar refractivity (Wildman–Crippen MR) is 75.5 cm³/mol. The maximum atomic E-state index is 13.0. The quantitative estimate of drug-likeness (QED) is 0.901. The first-order chi connectivity index (χ1) is 9.24. The normalized spacial score (nSPS) is 26.9. The zero-order chi connectivity index (χ0) is 13.2. The van der Waals surface area contributed by atoms with Crippen LogP contribution in [0.5, 0.6) is 0 Å². The van der Waals surface area contributed by atoms with E-state index in [1.54, 1.807) is 12.1 Å². The second-order valence-corrected chi connectivity index (χ2v) is 5.97. The van der Waals surface area contributed by atoms with Gasteiger partial charge in [0.25, 0.3) is 0 Å². The van der Waals surface area contributed by atoms with Gasteiger partial charge in [-0.3, -0.25) is 4.90 Å². The van der Waals surface area contributed by atoms with E-state index in [9.17, 15) is 4.39 Å². The number of nitrogens with zero attached hydrogens (tertiary/aromatic N) is 1. The molecule has 3 rings (SSSR count). The van der Waals surface area contributed by atoms with Crippen molar-refractivity contribution < 1.29 is 4.39 Å². The summed E-state index contributed by atoms with van der Waals surface area (Å²) in [7, 11) is 0. The van der Waals surface area contributed by atoms with E-state index >= 15 is 0 Å². The first-order valence-corrected chi connectivity index (χ1v) is 7.47. The minimum absolute atomic E-state index is 0.149. The van der Waals surface area contributed by atoms with Crippen molar-refractivity contribution in [2.45, 2.75) is 38.3 Å². The SMILES string of the molecule is CC(c1ccc(F)cc1)N1CCCNC(C2CC2)C1. The van der Waals surface area contributed by atoms with Crippen LogP contribution < -0.4 is 5.32 Å². The fraction of sp³-hybridized carbons (Fsp3) is 0.625. The van der Waals surface area contributed by atoms with Crippen LogP contribution in [0.15, 0.2) is 24.3 Å². The molecule has 2 unspecified atom stereocenters. The van der Waals surface area contributed by atoms with Gasteiger partial charge in [0.1, 0.15) is 5.82 Å². The Hall–Kier alpha value is -0.930. The highest BCUT2D eigenvalue weighted by Crippen LogP contribution is 2.34. The molecule has 0 radical (unpaired) electrons. The molecule has 19 heavy (non-hydrogen) atoms. The lowest BCUT2D eigenvalue weighted by Crippen LogP contribution is -2.40. The Kier molecular flexibility index (Phi) is 3.85. The summed E-state index contributed by atoms with van der Waals surface area (Å²) >= 11 is 0. The van der Waals surface area contributed by atoms with Crippen molar-refractivity contribution in [3.05, 3.63) is 35.6 Å². The number of hydrogen-bond acceptors (Lipinski definition) is 2. The largest absolute Gasteiger partial charge is 0.312 e. The number of rotatable bonds is 3. The Bertz CT molecular complexity index is 413. The maximum absolute atomic E-state index is 13.0. The molecule has 1 saturated heterocycles. The Balaban J connectivity index is 1.70. The summed E-state index contributed by atoms with van der Waals surface area (Å²) in [5, 5.41) is 3.69. The molecule has 2 fully saturated rings. The maximum Gasteiger partial charge on any atom is 0.123 e. The Morgan fingerprint density at radius 3 is 2.68 bits per heavy atom. The first kappa shape index (κ1) is 13.1. The Morgan fingerprint density at radius 2 is 2.00 bits per heavy atom. The molecular weight excluding hydrogens is 239 g/mol. The monoisotopic (exact) mass is 262 g/mol. The molecule has 1 aliphatic heterocycles. The van der Waals surface area contributed by atoms with Crippen molar-refractivity contribution in [2.75, 3.05) is 19.6 Å². The average Bonchev–Trinajstić information content (AvgIpc) is 3.25. The lowest BCUT2D eigenvalue weighted by Gasteiger charge is -2.30. The smallest absolute Gasteiger partial charge is 0.123 e. The Morgan fingerprint density at radius 1 is 1.26 bits per heavy atom. The highest BCUT2D eigenvalue weighted by molar-refractivity contribution is 5.19. The van der Waals surface area contributed by atoms with Crippen LogP contribution in [0, 0.1) is 11.7 Å². The van der Waals surface area contributed by atoms with E-state index in [1.165, 1.54) is 24.8 Å². The first-order valence-electron chi connectivity index (χ1n) is 7.47. The van der Waals surface area contributed by atoms with Crippen LogP contribution in [0.2, 0.25) is 0 Å². The van der Waals surface area contributed by atoms with Crippen molar-refractivity contribution in [2.24, 2.45) is 5.92 Å². The van der Waals surface area contributed by atoms with Gasteiger partial charge in [-0.15, -0.1) is 0 Å². The zero-order valence-electron chi connectivity index (χ0n) is 11.6. The van der Waals surface area contributed by atoms with Gasteiger partial charge in [-0.05, 0) is 56.3 Å². The average molecular weight is 262 g/mol. The van der Waals surface area contributed by atoms with Crippen LogP contribution in [-0.2, 0) is 0 Å². The van der Waals surface area contributed by atoms with Crippen molar-refractivity contribution in [1.29, 1.82) is 0 Å². The van der Waals surface area contributed by atoms with Crippen LogP contribution in [0.1, 0.15) is 37.8 Å². The van der Waals surface area contributed by atoms with Gasteiger partial charge < -0.3 is 5.32 Å². The third-order valence-electron chi connectivity index (χ3n) is 4.55. The van der Waals surface area contributed by atoms with E-state index in [-0.39, 0.29) is 5.82 Å². The number of hydrogen-bond donors (Lipinski definition) is 1. The summed E-state index contributed by atoms with van der Waals surface area (Å²) in [5.41, 5.74) is 1.22. The van der Waals surface area contributed by atoms with E-state index in [2.05, 4.69) is 17.1 Å². The van der Waals surface area contributed by atoms with Crippen LogP contribution >= 0.6 is 0 Å². The minimum Gasteiger partial charge on any atom is -0.312 e. The summed E-state index contributed by atoms with van der Waals surface area (Å²) in [6.07, 6.45) is 3.97. The fourth-order valence-electron chi connectivity index (χ4n) is 3.10. The summed E-state index contributed by atoms with van der Waals surface area (Å²) < 4.78 is 13.0. The number of nitrogens with one attached hydrogen (secondary N) is 1. The molecule has 2 nitrogen and oxygen atoms in total. The van der Waals surface area contributed by atoms with Gasteiger partial charge in [-0.2, -0.15) is 0 Å². The van der Waals surface area contributed by atoms with Crippen molar-refractivity contribution >= 4 is 0 Å². The third-order valence-corrected chi connectivity index (χ3v) is 4.55. The van der Waals surface area contributed by atoms with Crippen molar-refractivity contribution in [3.8, 4) is 0 Å². The van der Waals surface area contributed by atoms with Crippen LogP contribution in [0.4, 0.5) is 4.39 Å². The van der Waals surface area contributed by atoms with Gasteiger partial charge >= 0.3 is 0 Å². The highest BCUT2D eigenvalue weighted by atomic mass is 19.1. The van der Waals surface area contributed by atoms with Gasteiger partial charge in [-0.25, -0.2) is 4.39 Å². The molecule has 0 amide bonds. The van der Waals surface area contributed by atoms with Crippen LogP contribution in [-0.4, -0.2) is 30.6 Å². The molecule has 0 spiro atoms. The zero-order valence-corrected chi connectivity index (χ0v) is 11.6. The highest BCUT2D eigenvalue weighted by Gasteiger charge is 2.34. The minimum atomic E-state index is -0.149. The molecule has 0 bridgehead atoms. The molecule has 2 atom stereocenters. The van der Waals surface area contributed by atoms with E-state index in [4.69, 9.17) is 0 Å². The second-order valence-electron chi connectivity index (χ2n) is 5.97. The third kappa shape index (κ3) is 3.15. The standard InChI is InChI=1S/C16H23FN2/c1-12(13-5-7-15(17)8-6-13)19-10-2-9-18-16(11-19)14-3-4-14/h5-8,12,14,16,18H,2-4,9-11H2,1H3. The molecule has 1 heterocycles. The summed E-state index contributed by atoms with van der Waals surface area (Å²) in [6, 6.07) is 8.02. The molecular formula is C16H23FN2. The molecule has 3 heteroatoms. The predicted octanol–water partition coefficient (Wildman–Crippen LogP) is 2.96. The van der Waals surface area contributed by atoms with Gasteiger partial charge in [0.15, 0.2) is 0 Å². The fourth-order valence-corrected chi connectivity index (χ4v) is 3.10. The van der Waals surface area contributed by atoms with Crippen LogP contribution in [0.25, 0.3) is 0 Å². The van der Waals surface area contributed by atoms with Gasteiger partial charge in [0.2, 0.25) is 0 Å². The molecule has 1 aromatic rings. The lowest BCUT2D eigenvalue weighted by atomic mass is 10.1. The molecule has 1 aliphatic carbocycles. The molecule has 0 aromatic heterocycles. The molecule has 104 valence electrons. The van der Waals surface area contributed by atoms with E-state index in [0.29, 0.717) is 12.1 Å². The molecule has 1 aromatic carbocycles. The number of halogens is 1. The van der Waals surface area contributed by atoms with E-state index in [0.717, 1.165) is 25.6 Å². The van der Waals surface area contributed by atoms with E-state index < -0.39 is 0 Å². The van der Waals surface area contributed by atoms with Crippen LogP contribution in [0.3, 0.4) is 0 Å². The summed E-state index contributed by atoms with van der Waals surface area (Å²) in [4.78, 5) is 2.55. The topological polar surface area (TPSA) is 15.3 Å². The van der Waals surface area contributed by atoms with Crippen molar-refractivity contribution in [1.82, 2.24) is 10.2 Å². The summed E-state index contributed by atoms with van der Waals surface area (Å²) in [5.74, 6) is 0.741. The molecule has 1 saturated carbocycles. The van der Waals surface area contributed by atoms with Gasteiger partial charge in [0.05, 0.1) is 0 Å². The molecule has 1 N–H and O–H groups in total. The lowest BCUT2D eigenvalue weighted by molar-refractivity contribution is 0.200. The Labute approximate surface area is 115 Å². The summed E-state index contributed by atoms with van der Waals surface area (Å²) in [6.45, 7) is 5.63. The van der Waals surface area contributed by atoms with Gasteiger partial charge in [0, 0.05) is 25.2 Å².